The fourth-order valence-corrected chi connectivity index (χ4v) is 2.89. The van der Waals surface area contributed by atoms with E-state index in [0.717, 1.165) is 25.7 Å². The highest BCUT2D eigenvalue weighted by atomic mass is 16.5. The van der Waals surface area contributed by atoms with E-state index in [1.54, 1.807) is 7.11 Å². The van der Waals surface area contributed by atoms with Crippen LogP contribution in [0.2, 0.25) is 0 Å². The van der Waals surface area contributed by atoms with E-state index in [2.05, 4.69) is 22.5 Å². The van der Waals surface area contributed by atoms with E-state index < -0.39 is 0 Å². The summed E-state index contributed by atoms with van der Waals surface area (Å²) in [5.41, 5.74) is 0.437. The van der Waals surface area contributed by atoms with Gasteiger partial charge in [0.1, 0.15) is 0 Å². The summed E-state index contributed by atoms with van der Waals surface area (Å²) < 4.78 is 5.24. The van der Waals surface area contributed by atoms with Gasteiger partial charge in [0.2, 0.25) is 0 Å². The van der Waals surface area contributed by atoms with Gasteiger partial charge in [-0.3, -0.25) is 4.99 Å². The van der Waals surface area contributed by atoms with Crippen LogP contribution in [0.3, 0.4) is 0 Å². The first-order valence-corrected chi connectivity index (χ1v) is 6.78. The number of methoxy groups -OCH3 is 1. The monoisotopic (exact) mass is 239 g/mol. The van der Waals surface area contributed by atoms with Gasteiger partial charge in [0.25, 0.3) is 0 Å². The van der Waals surface area contributed by atoms with Crippen LogP contribution in [0.25, 0.3) is 0 Å². The third-order valence-corrected chi connectivity index (χ3v) is 4.04. The van der Waals surface area contributed by atoms with Gasteiger partial charge in [-0.25, -0.2) is 0 Å². The Kier molecular flexibility index (Phi) is 4.26. The van der Waals surface area contributed by atoms with Crippen molar-refractivity contribution < 1.29 is 4.74 Å². The van der Waals surface area contributed by atoms with E-state index in [9.17, 15) is 0 Å². The predicted molar refractivity (Wildman–Crippen MR) is 70.3 cm³/mol. The molecular formula is C13H25N3O. The quantitative estimate of drug-likeness (QED) is 0.764. The van der Waals surface area contributed by atoms with E-state index in [1.165, 1.54) is 32.1 Å². The minimum Gasteiger partial charge on any atom is -0.385 e. The lowest BCUT2D eigenvalue weighted by Gasteiger charge is -2.29. The maximum Gasteiger partial charge on any atom is 0.191 e. The average molecular weight is 239 g/mol. The first-order chi connectivity index (χ1) is 8.24. The number of ether oxygens (including phenoxy) is 1. The molecule has 1 heterocycles. The smallest absolute Gasteiger partial charge is 0.191 e. The van der Waals surface area contributed by atoms with E-state index in [1.807, 2.05) is 0 Å². The predicted octanol–water partition coefficient (Wildman–Crippen LogP) is 1.52. The minimum absolute atomic E-state index is 0.437. The topological polar surface area (TPSA) is 45.6 Å². The Morgan fingerprint density at radius 3 is 2.82 bits per heavy atom. The first kappa shape index (κ1) is 12.7. The number of rotatable bonds is 5. The molecule has 1 unspecified atom stereocenters. The molecule has 2 aliphatic rings. The molecule has 98 valence electrons. The average Bonchev–Trinajstić information content (AvgIpc) is 2.94. The van der Waals surface area contributed by atoms with Crippen molar-refractivity contribution in [1.29, 1.82) is 0 Å². The zero-order chi connectivity index (χ0) is 12.1. The normalized spacial score (nSPS) is 26.7. The Hall–Kier alpha value is -0.770. The lowest BCUT2D eigenvalue weighted by molar-refractivity contribution is 0.138. The second-order valence-corrected chi connectivity index (χ2v) is 5.54. The molecule has 0 saturated heterocycles. The first-order valence-electron chi connectivity index (χ1n) is 6.78. The van der Waals surface area contributed by atoms with Crippen molar-refractivity contribution >= 4 is 5.96 Å². The molecule has 2 rings (SSSR count). The van der Waals surface area contributed by atoms with Gasteiger partial charge in [-0.2, -0.15) is 0 Å². The van der Waals surface area contributed by atoms with E-state index in [-0.39, 0.29) is 0 Å². The van der Waals surface area contributed by atoms with E-state index in [4.69, 9.17) is 4.74 Å². The number of nitrogens with zero attached hydrogens (tertiary/aromatic N) is 1. The van der Waals surface area contributed by atoms with Crippen LogP contribution >= 0.6 is 0 Å². The molecule has 0 spiro atoms. The molecule has 0 aromatic carbocycles. The second kappa shape index (κ2) is 5.71. The van der Waals surface area contributed by atoms with Gasteiger partial charge in [-0.1, -0.05) is 12.8 Å². The second-order valence-electron chi connectivity index (χ2n) is 5.54. The third kappa shape index (κ3) is 3.35. The van der Waals surface area contributed by atoms with E-state index >= 15 is 0 Å². The Labute approximate surface area is 104 Å². The molecule has 2 N–H and O–H groups in total. The SMILES string of the molecule is COCCC1(CNC2=NCC(C)N2)CCCC1. The third-order valence-electron chi connectivity index (χ3n) is 4.04. The summed E-state index contributed by atoms with van der Waals surface area (Å²) in [7, 11) is 1.79. The van der Waals surface area contributed by atoms with Gasteiger partial charge in [0, 0.05) is 26.3 Å². The molecule has 4 heteroatoms. The molecule has 1 aliphatic heterocycles. The number of hydrogen-bond donors (Lipinski definition) is 2. The molecular weight excluding hydrogens is 214 g/mol. The van der Waals surface area contributed by atoms with Crippen LogP contribution in [0.1, 0.15) is 39.0 Å². The maximum absolute atomic E-state index is 5.24. The van der Waals surface area contributed by atoms with Gasteiger partial charge in [0.15, 0.2) is 5.96 Å². The molecule has 1 aliphatic carbocycles. The lowest BCUT2D eigenvalue weighted by atomic mass is 9.83. The zero-order valence-electron chi connectivity index (χ0n) is 11.1. The summed E-state index contributed by atoms with van der Waals surface area (Å²) in [5.74, 6) is 0.987. The summed E-state index contributed by atoms with van der Waals surface area (Å²) in [6.07, 6.45) is 6.54. The fourth-order valence-electron chi connectivity index (χ4n) is 2.89. The molecule has 1 atom stereocenters. The molecule has 0 radical (unpaired) electrons. The summed E-state index contributed by atoms with van der Waals surface area (Å²) in [5, 5.41) is 6.85. The highest BCUT2D eigenvalue weighted by molar-refractivity contribution is 5.81. The lowest BCUT2D eigenvalue weighted by Crippen LogP contribution is -2.43. The van der Waals surface area contributed by atoms with Crippen molar-refractivity contribution in [3.63, 3.8) is 0 Å². The van der Waals surface area contributed by atoms with Gasteiger partial charge in [-0.05, 0) is 31.6 Å². The van der Waals surface area contributed by atoms with Gasteiger partial charge in [0.05, 0.1) is 6.54 Å². The van der Waals surface area contributed by atoms with Crippen molar-refractivity contribution in [3.05, 3.63) is 0 Å². The van der Waals surface area contributed by atoms with Gasteiger partial charge in [-0.15, -0.1) is 0 Å². The van der Waals surface area contributed by atoms with Crippen LogP contribution in [-0.4, -0.2) is 38.8 Å². The van der Waals surface area contributed by atoms with Crippen LogP contribution < -0.4 is 10.6 Å². The van der Waals surface area contributed by atoms with Crippen LogP contribution in [0.4, 0.5) is 0 Å². The van der Waals surface area contributed by atoms with Crippen LogP contribution in [-0.2, 0) is 4.74 Å². The van der Waals surface area contributed by atoms with Crippen molar-refractivity contribution in [2.45, 2.75) is 45.1 Å². The van der Waals surface area contributed by atoms with Crippen LogP contribution in [0.15, 0.2) is 4.99 Å². The Morgan fingerprint density at radius 2 is 2.24 bits per heavy atom. The molecule has 17 heavy (non-hydrogen) atoms. The largest absolute Gasteiger partial charge is 0.385 e. The zero-order valence-corrected chi connectivity index (χ0v) is 11.1. The summed E-state index contributed by atoms with van der Waals surface area (Å²) in [4.78, 5) is 4.45. The van der Waals surface area contributed by atoms with Gasteiger partial charge < -0.3 is 15.4 Å². The molecule has 4 nitrogen and oxygen atoms in total. The highest BCUT2D eigenvalue weighted by Crippen LogP contribution is 2.40. The van der Waals surface area contributed by atoms with Gasteiger partial charge >= 0.3 is 0 Å². The van der Waals surface area contributed by atoms with E-state index in [0.29, 0.717) is 11.5 Å². The Bertz CT molecular complexity index is 272. The standard InChI is InChI=1S/C13H25N3O/c1-11-9-14-12(16-11)15-10-13(7-8-17-2)5-3-4-6-13/h11H,3-10H2,1-2H3,(H2,14,15,16). The highest BCUT2D eigenvalue weighted by Gasteiger charge is 2.33. The molecule has 1 saturated carbocycles. The van der Waals surface area contributed by atoms with Crippen LogP contribution in [0.5, 0.6) is 0 Å². The van der Waals surface area contributed by atoms with Crippen molar-refractivity contribution in [3.8, 4) is 0 Å². The molecule has 0 bridgehead atoms. The fraction of sp³-hybridized carbons (Fsp3) is 0.923. The Balaban J connectivity index is 1.81. The van der Waals surface area contributed by atoms with Crippen molar-refractivity contribution in [2.24, 2.45) is 10.4 Å². The maximum atomic E-state index is 5.24. The number of guanidine groups is 1. The summed E-state index contributed by atoms with van der Waals surface area (Å²) in [6.45, 7) is 4.97. The number of nitrogens with one attached hydrogen (secondary N) is 2. The molecule has 0 amide bonds. The molecule has 1 fully saturated rings. The molecule has 0 aromatic rings. The Morgan fingerprint density at radius 1 is 1.47 bits per heavy atom. The van der Waals surface area contributed by atoms with Crippen LogP contribution in [0, 0.1) is 5.41 Å². The van der Waals surface area contributed by atoms with Crippen molar-refractivity contribution in [2.75, 3.05) is 26.8 Å². The summed E-state index contributed by atoms with van der Waals surface area (Å²) in [6, 6.07) is 0.482. The molecule has 0 aromatic heterocycles. The summed E-state index contributed by atoms with van der Waals surface area (Å²) >= 11 is 0. The number of hydrogen-bond acceptors (Lipinski definition) is 4. The minimum atomic E-state index is 0.437. The van der Waals surface area contributed by atoms with Crippen molar-refractivity contribution in [1.82, 2.24) is 10.6 Å². The number of aliphatic imine (C=N–C) groups is 1.